The van der Waals surface area contributed by atoms with Gasteiger partial charge in [0.25, 0.3) is 0 Å². The smallest absolute Gasteiger partial charge is 0.123 e. The molecule has 0 aromatic heterocycles. The van der Waals surface area contributed by atoms with Gasteiger partial charge >= 0.3 is 0 Å². The minimum atomic E-state index is -0.286. The van der Waals surface area contributed by atoms with Crippen molar-refractivity contribution in [3.8, 4) is 11.1 Å². The van der Waals surface area contributed by atoms with Crippen molar-refractivity contribution in [1.82, 2.24) is 5.32 Å². The molecule has 2 aromatic rings. The van der Waals surface area contributed by atoms with Crippen LogP contribution in [0.5, 0.6) is 0 Å². The van der Waals surface area contributed by atoms with Crippen molar-refractivity contribution in [1.29, 1.82) is 0 Å². The zero-order valence-electron chi connectivity index (χ0n) is 10.5. The van der Waals surface area contributed by atoms with Crippen LogP contribution in [0.25, 0.3) is 11.1 Å². The summed E-state index contributed by atoms with van der Waals surface area (Å²) in [4.78, 5) is 0. The average molecular weight is 298 g/mol. The highest BCUT2D eigenvalue weighted by Gasteiger charge is 2.10. The van der Waals surface area contributed by atoms with Crippen LogP contribution in [0.3, 0.4) is 0 Å². The first-order chi connectivity index (χ1) is 9.11. The number of nitrogens with one attached hydrogen (secondary N) is 1. The van der Waals surface area contributed by atoms with Crippen LogP contribution in [0.1, 0.15) is 12.5 Å². The standard InChI is InChI=1S/C15H14Cl2FN/c1-2-19-9-10-3-5-12(18)8-13(10)14-7-11(16)4-6-15(14)17/h3-8,19H,2,9H2,1H3. The third-order valence-electron chi connectivity index (χ3n) is 2.86. The first-order valence-electron chi connectivity index (χ1n) is 6.06. The highest BCUT2D eigenvalue weighted by atomic mass is 35.5. The molecule has 0 atom stereocenters. The molecule has 0 aliphatic heterocycles. The molecular weight excluding hydrogens is 284 g/mol. The zero-order chi connectivity index (χ0) is 13.8. The molecule has 1 nitrogen and oxygen atoms in total. The van der Waals surface area contributed by atoms with Gasteiger partial charge in [-0.1, -0.05) is 36.2 Å². The van der Waals surface area contributed by atoms with Gasteiger partial charge in [0, 0.05) is 22.2 Å². The maximum Gasteiger partial charge on any atom is 0.123 e. The van der Waals surface area contributed by atoms with E-state index in [0.29, 0.717) is 16.6 Å². The fraction of sp³-hybridized carbons (Fsp3) is 0.200. The maximum absolute atomic E-state index is 13.5. The molecule has 4 heteroatoms. The number of hydrogen-bond donors (Lipinski definition) is 1. The van der Waals surface area contributed by atoms with E-state index in [-0.39, 0.29) is 5.82 Å². The van der Waals surface area contributed by atoms with Crippen molar-refractivity contribution >= 4 is 23.2 Å². The van der Waals surface area contributed by atoms with E-state index in [4.69, 9.17) is 23.2 Å². The highest BCUT2D eigenvalue weighted by Crippen LogP contribution is 2.33. The molecule has 0 bridgehead atoms. The Morgan fingerprint density at radius 3 is 2.58 bits per heavy atom. The van der Waals surface area contributed by atoms with E-state index in [9.17, 15) is 4.39 Å². The lowest BCUT2D eigenvalue weighted by atomic mass is 9.99. The van der Waals surface area contributed by atoms with E-state index in [0.717, 1.165) is 23.2 Å². The third kappa shape index (κ3) is 3.47. The Kier molecular flexibility index (Phi) is 4.81. The molecule has 19 heavy (non-hydrogen) atoms. The molecule has 100 valence electrons. The average Bonchev–Trinajstić information content (AvgIpc) is 2.40. The predicted molar refractivity (Wildman–Crippen MR) is 79.2 cm³/mol. The van der Waals surface area contributed by atoms with Crippen LogP contribution in [0.4, 0.5) is 4.39 Å². The molecule has 0 aliphatic carbocycles. The van der Waals surface area contributed by atoms with Crippen LogP contribution < -0.4 is 5.32 Å². The fourth-order valence-electron chi connectivity index (χ4n) is 1.92. The summed E-state index contributed by atoms with van der Waals surface area (Å²) in [6, 6.07) is 9.91. The van der Waals surface area contributed by atoms with E-state index in [1.807, 2.05) is 6.92 Å². The van der Waals surface area contributed by atoms with E-state index in [1.165, 1.54) is 12.1 Å². The van der Waals surface area contributed by atoms with Crippen LogP contribution in [0.2, 0.25) is 10.0 Å². The zero-order valence-corrected chi connectivity index (χ0v) is 12.0. The van der Waals surface area contributed by atoms with Crippen molar-refractivity contribution in [3.05, 3.63) is 57.8 Å². The molecule has 1 N–H and O–H groups in total. The Bertz CT molecular complexity index is 584. The van der Waals surface area contributed by atoms with Gasteiger partial charge in [-0.25, -0.2) is 4.39 Å². The first kappa shape index (κ1) is 14.3. The molecule has 0 amide bonds. The Labute approximate surface area is 122 Å². The topological polar surface area (TPSA) is 12.0 Å². The van der Waals surface area contributed by atoms with Crippen LogP contribution in [0.15, 0.2) is 36.4 Å². The molecule has 0 saturated carbocycles. The summed E-state index contributed by atoms with van der Waals surface area (Å²) in [6.07, 6.45) is 0. The van der Waals surface area contributed by atoms with Gasteiger partial charge in [0.15, 0.2) is 0 Å². The van der Waals surface area contributed by atoms with Crippen LogP contribution in [-0.4, -0.2) is 6.54 Å². The molecule has 0 saturated heterocycles. The van der Waals surface area contributed by atoms with Gasteiger partial charge < -0.3 is 5.32 Å². The Hall–Kier alpha value is -1.09. The lowest BCUT2D eigenvalue weighted by molar-refractivity contribution is 0.626. The Balaban J connectivity index is 2.52. The van der Waals surface area contributed by atoms with E-state index >= 15 is 0 Å². The summed E-state index contributed by atoms with van der Waals surface area (Å²) in [5, 5.41) is 4.37. The monoisotopic (exact) mass is 297 g/mol. The minimum Gasteiger partial charge on any atom is -0.313 e. The molecule has 0 radical (unpaired) electrons. The summed E-state index contributed by atoms with van der Waals surface area (Å²) < 4.78 is 13.5. The van der Waals surface area contributed by atoms with Gasteiger partial charge in [0.1, 0.15) is 5.82 Å². The largest absolute Gasteiger partial charge is 0.313 e. The lowest BCUT2D eigenvalue weighted by Gasteiger charge is -2.12. The SMILES string of the molecule is CCNCc1ccc(F)cc1-c1cc(Cl)ccc1Cl. The molecular formula is C15H14Cl2FN. The predicted octanol–water partition coefficient (Wildman–Crippen LogP) is 4.91. The third-order valence-corrected chi connectivity index (χ3v) is 3.42. The van der Waals surface area contributed by atoms with Gasteiger partial charge in [0.2, 0.25) is 0 Å². The summed E-state index contributed by atoms with van der Waals surface area (Å²) in [5.74, 6) is -0.286. The van der Waals surface area contributed by atoms with Crippen LogP contribution >= 0.6 is 23.2 Å². The van der Waals surface area contributed by atoms with Crippen molar-refractivity contribution in [2.45, 2.75) is 13.5 Å². The number of hydrogen-bond acceptors (Lipinski definition) is 1. The first-order valence-corrected chi connectivity index (χ1v) is 6.82. The number of rotatable bonds is 4. The summed E-state index contributed by atoms with van der Waals surface area (Å²) >= 11 is 12.2. The van der Waals surface area contributed by atoms with Gasteiger partial charge in [-0.15, -0.1) is 0 Å². The molecule has 0 aliphatic rings. The van der Waals surface area contributed by atoms with Crippen molar-refractivity contribution in [2.75, 3.05) is 6.54 Å². The van der Waals surface area contributed by atoms with E-state index in [2.05, 4.69) is 5.32 Å². The lowest BCUT2D eigenvalue weighted by Crippen LogP contribution is -2.12. The fourth-order valence-corrected chi connectivity index (χ4v) is 2.31. The van der Waals surface area contributed by atoms with Crippen molar-refractivity contribution < 1.29 is 4.39 Å². The Morgan fingerprint density at radius 1 is 1.05 bits per heavy atom. The number of benzene rings is 2. The second kappa shape index (κ2) is 6.38. The Morgan fingerprint density at radius 2 is 1.84 bits per heavy atom. The molecule has 0 unspecified atom stereocenters. The highest BCUT2D eigenvalue weighted by molar-refractivity contribution is 6.35. The molecule has 0 fully saturated rings. The molecule has 0 spiro atoms. The second-order valence-corrected chi connectivity index (χ2v) is 5.05. The van der Waals surface area contributed by atoms with Crippen LogP contribution in [-0.2, 0) is 6.54 Å². The second-order valence-electron chi connectivity index (χ2n) is 4.21. The normalized spacial score (nSPS) is 10.7. The van der Waals surface area contributed by atoms with Crippen molar-refractivity contribution in [2.24, 2.45) is 0 Å². The molecule has 0 heterocycles. The van der Waals surface area contributed by atoms with Gasteiger partial charge in [-0.2, -0.15) is 0 Å². The van der Waals surface area contributed by atoms with E-state index < -0.39 is 0 Å². The van der Waals surface area contributed by atoms with Gasteiger partial charge in [-0.05, 0) is 48.0 Å². The van der Waals surface area contributed by atoms with E-state index in [1.54, 1.807) is 24.3 Å². The molecule has 2 aromatic carbocycles. The quantitative estimate of drug-likeness (QED) is 0.845. The maximum atomic E-state index is 13.5. The van der Waals surface area contributed by atoms with Crippen LogP contribution in [0, 0.1) is 5.82 Å². The summed E-state index contributed by atoms with van der Waals surface area (Å²) in [7, 11) is 0. The minimum absolute atomic E-state index is 0.286. The number of halogens is 3. The summed E-state index contributed by atoms with van der Waals surface area (Å²) in [6.45, 7) is 3.53. The summed E-state index contributed by atoms with van der Waals surface area (Å²) in [5.41, 5.74) is 2.52. The van der Waals surface area contributed by atoms with Gasteiger partial charge in [0.05, 0.1) is 0 Å². The molecule has 2 rings (SSSR count). The van der Waals surface area contributed by atoms with Crippen molar-refractivity contribution in [3.63, 3.8) is 0 Å². The van der Waals surface area contributed by atoms with Gasteiger partial charge in [-0.3, -0.25) is 0 Å².